The average molecular weight is 429 g/mol. The van der Waals surface area contributed by atoms with E-state index in [4.69, 9.17) is 4.74 Å². The van der Waals surface area contributed by atoms with Crippen LogP contribution in [0.5, 0.6) is 5.75 Å². The number of fused-ring (bicyclic) bond motifs is 2. The predicted octanol–water partition coefficient (Wildman–Crippen LogP) is 4.57. The van der Waals surface area contributed by atoms with Gasteiger partial charge in [-0.05, 0) is 59.5 Å². The summed E-state index contributed by atoms with van der Waals surface area (Å²) >= 11 is 3.54. The molecule has 0 bridgehead atoms. The van der Waals surface area contributed by atoms with Crippen molar-refractivity contribution in [3.8, 4) is 5.75 Å². The van der Waals surface area contributed by atoms with E-state index in [9.17, 15) is 9.59 Å². The van der Waals surface area contributed by atoms with Gasteiger partial charge in [0.1, 0.15) is 5.75 Å². The highest BCUT2D eigenvalue weighted by atomic mass is 79.9. The van der Waals surface area contributed by atoms with Gasteiger partial charge in [-0.3, -0.25) is 9.59 Å². The molecule has 0 saturated heterocycles. The van der Waals surface area contributed by atoms with Gasteiger partial charge in [0.15, 0.2) is 0 Å². The van der Waals surface area contributed by atoms with Gasteiger partial charge >= 0.3 is 0 Å². The van der Waals surface area contributed by atoms with Crippen LogP contribution in [0.15, 0.2) is 40.9 Å². The number of amides is 2. The number of hydrogen-bond donors (Lipinski definition) is 2. The zero-order chi connectivity index (χ0) is 19.2. The number of rotatable bonds is 4. The molecule has 4 rings (SSSR count). The molecule has 2 N–H and O–H groups in total. The molecule has 0 radical (unpaired) electrons. The molecule has 6 heteroatoms. The van der Waals surface area contributed by atoms with Crippen LogP contribution in [0.2, 0.25) is 0 Å². The molecule has 1 heterocycles. The predicted molar refractivity (Wildman–Crippen MR) is 108 cm³/mol. The second-order valence-corrected chi connectivity index (χ2v) is 8.08. The topological polar surface area (TPSA) is 67.4 Å². The Kier molecular flexibility index (Phi) is 4.46. The van der Waals surface area contributed by atoms with E-state index in [-0.39, 0.29) is 17.7 Å². The lowest BCUT2D eigenvalue weighted by atomic mass is 9.65. The van der Waals surface area contributed by atoms with Crippen molar-refractivity contribution in [1.29, 1.82) is 0 Å². The molecule has 1 unspecified atom stereocenters. The fourth-order valence-corrected chi connectivity index (χ4v) is 4.54. The second kappa shape index (κ2) is 6.68. The lowest BCUT2D eigenvalue weighted by Crippen LogP contribution is -2.40. The summed E-state index contributed by atoms with van der Waals surface area (Å²) < 4.78 is 6.16. The Bertz CT molecular complexity index is 937. The van der Waals surface area contributed by atoms with Crippen LogP contribution < -0.4 is 15.4 Å². The van der Waals surface area contributed by atoms with Gasteiger partial charge in [-0.25, -0.2) is 0 Å². The Hall–Kier alpha value is -2.34. The highest BCUT2D eigenvalue weighted by molar-refractivity contribution is 9.10. The number of nitrogens with one attached hydrogen (secondary N) is 2. The van der Waals surface area contributed by atoms with Gasteiger partial charge in [0.25, 0.3) is 0 Å². The summed E-state index contributed by atoms with van der Waals surface area (Å²) in [6, 6.07) is 11.3. The summed E-state index contributed by atoms with van der Waals surface area (Å²) in [6.07, 6.45) is 2.76. The Labute approximate surface area is 166 Å². The number of carbonyl (C=O) groups is 2. The van der Waals surface area contributed by atoms with E-state index in [2.05, 4.69) is 26.6 Å². The van der Waals surface area contributed by atoms with Crippen LogP contribution in [0.1, 0.15) is 43.2 Å². The molecule has 2 aromatic rings. The van der Waals surface area contributed by atoms with Gasteiger partial charge < -0.3 is 15.4 Å². The maximum Gasteiger partial charge on any atom is 0.235 e. The number of ether oxygens (including phenoxy) is 1. The minimum atomic E-state index is -0.424. The van der Waals surface area contributed by atoms with Crippen molar-refractivity contribution in [1.82, 2.24) is 0 Å². The number of carbonyl (C=O) groups excluding carboxylic acids is 2. The molecule has 1 fully saturated rings. The van der Waals surface area contributed by atoms with Crippen molar-refractivity contribution in [2.45, 2.75) is 37.5 Å². The first-order valence-corrected chi connectivity index (χ1v) is 9.85. The minimum absolute atomic E-state index is 0.0651. The SMILES string of the molecule is COc1ccccc1C(C)C(=O)Nc1cc(Br)c2c(c1)C1(CCC1)C(=O)N2. The van der Waals surface area contributed by atoms with Crippen LogP contribution in [0.4, 0.5) is 11.4 Å². The first kappa shape index (κ1) is 18.0. The molecule has 1 saturated carbocycles. The number of methoxy groups -OCH3 is 1. The van der Waals surface area contributed by atoms with Crippen LogP contribution in [-0.4, -0.2) is 18.9 Å². The van der Waals surface area contributed by atoms with Crippen LogP contribution in [0, 0.1) is 0 Å². The van der Waals surface area contributed by atoms with Crippen molar-refractivity contribution in [3.05, 3.63) is 52.0 Å². The Morgan fingerprint density at radius 1 is 1.30 bits per heavy atom. The molecule has 140 valence electrons. The Balaban J connectivity index is 1.61. The summed E-state index contributed by atoms with van der Waals surface area (Å²) in [6.45, 7) is 1.86. The molecule has 2 aliphatic rings. The average Bonchev–Trinajstić information content (AvgIpc) is 2.93. The molecule has 1 spiro atoms. The Morgan fingerprint density at radius 2 is 2.04 bits per heavy atom. The van der Waals surface area contributed by atoms with Gasteiger partial charge in [-0.2, -0.15) is 0 Å². The maximum absolute atomic E-state index is 12.8. The molecule has 2 aromatic carbocycles. The molecule has 0 aromatic heterocycles. The third kappa shape index (κ3) is 2.83. The van der Waals surface area contributed by atoms with Gasteiger partial charge in [0, 0.05) is 15.7 Å². The standard InChI is InChI=1S/C21H21BrN2O3/c1-12(14-6-3-4-7-17(14)27-2)19(25)23-13-10-15-18(16(22)11-13)24-20(26)21(15)8-5-9-21/h3-4,6-7,10-12H,5,8-9H2,1-2H3,(H,23,25)(H,24,26). The largest absolute Gasteiger partial charge is 0.496 e. The van der Waals surface area contributed by atoms with Gasteiger partial charge in [-0.15, -0.1) is 0 Å². The number of hydrogen-bond acceptors (Lipinski definition) is 3. The minimum Gasteiger partial charge on any atom is -0.496 e. The summed E-state index contributed by atoms with van der Waals surface area (Å²) in [7, 11) is 1.60. The third-order valence-electron chi connectivity index (χ3n) is 5.75. The van der Waals surface area contributed by atoms with Crippen molar-refractivity contribution < 1.29 is 14.3 Å². The normalized spacial score (nSPS) is 17.7. The molecule has 1 aliphatic carbocycles. The van der Waals surface area contributed by atoms with E-state index in [1.165, 1.54) is 0 Å². The lowest BCUT2D eigenvalue weighted by Gasteiger charge is -2.36. The third-order valence-corrected chi connectivity index (χ3v) is 6.38. The highest BCUT2D eigenvalue weighted by Crippen LogP contribution is 2.53. The number of benzene rings is 2. The lowest BCUT2D eigenvalue weighted by molar-refractivity contribution is -0.123. The van der Waals surface area contributed by atoms with E-state index < -0.39 is 5.41 Å². The molecule has 1 aliphatic heterocycles. The summed E-state index contributed by atoms with van der Waals surface area (Å²) in [5.41, 5.74) is 2.91. The Morgan fingerprint density at radius 3 is 2.70 bits per heavy atom. The summed E-state index contributed by atoms with van der Waals surface area (Å²) in [4.78, 5) is 25.3. The monoisotopic (exact) mass is 428 g/mol. The quantitative estimate of drug-likeness (QED) is 0.748. The molecule has 2 amide bonds. The van der Waals surface area contributed by atoms with Crippen molar-refractivity contribution in [2.75, 3.05) is 17.7 Å². The fourth-order valence-electron chi connectivity index (χ4n) is 3.98. The molecule has 27 heavy (non-hydrogen) atoms. The first-order chi connectivity index (χ1) is 13.0. The highest BCUT2D eigenvalue weighted by Gasteiger charge is 2.51. The van der Waals surface area contributed by atoms with E-state index in [1.54, 1.807) is 7.11 Å². The van der Waals surface area contributed by atoms with Crippen molar-refractivity contribution >= 4 is 39.1 Å². The molecule has 1 atom stereocenters. The number of halogens is 1. The van der Waals surface area contributed by atoms with E-state index in [0.717, 1.165) is 40.5 Å². The van der Waals surface area contributed by atoms with Crippen LogP contribution in [-0.2, 0) is 15.0 Å². The van der Waals surface area contributed by atoms with Crippen LogP contribution >= 0.6 is 15.9 Å². The molecular weight excluding hydrogens is 408 g/mol. The van der Waals surface area contributed by atoms with Crippen molar-refractivity contribution in [2.24, 2.45) is 0 Å². The zero-order valence-corrected chi connectivity index (χ0v) is 16.9. The fraction of sp³-hybridized carbons (Fsp3) is 0.333. The van der Waals surface area contributed by atoms with Gasteiger partial charge in [0.05, 0.1) is 24.1 Å². The van der Waals surface area contributed by atoms with E-state index >= 15 is 0 Å². The van der Waals surface area contributed by atoms with Gasteiger partial charge in [0.2, 0.25) is 11.8 Å². The van der Waals surface area contributed by atoms with E-state index in [1.807, 2.05) is 43.3 Å². The smallest absolute Gasteiger partial charge is 0.235 e. The van der Waals surface area contributed by atoms with E-state index in [0.29, 0.717) is 11.4 Å². The zero-order valence-electron chi connectivity index (χ0n) is 15.3. The first-order valence-electron chi connectivity index (χ1n) is 9.05. The summed E-state index contributed by atoms with van der Waals surface area (Å²) in [5.74, 6) is 0.269. The van der Waals surface area contributed by atoms with Crippen LogP contribution in [0.25, 0.3) is 0 Å². The maximum atomic E-state index is 12.8. The van der Waals surface area contributed by atoms with Gasteiger partial charge in [-0.1, -0.05) is 24.6 Å². The molecular formula is C21H21BrN2O3. The number of para-hydroxylation sites is 1. The van der Waals surface area contributed by atoms with Crippen molar-refractivity contribution in [3.63, 3.8) is 0 Å². The molecule has 5 nitrogen and oxygen atoms in total. The summed E-state index contributed by atoms with van der Waals surface area (Å²) in [5, 5.41) is 5.99. The second-order valence-electron chi connectivity index (χ2n) is 7.22. The van der Waals surface area contributed by atoms with Crippen LogP contribution in [0.3, 0.4) is 0 Å². The number of anilines is 2.